The normalized spacial score (nSPS) is 11.3. The van der Waals surface area contributed by atoms with Gasteiger partial charge in [-0.25, -0.2) is 0 Å². The molecule has 0 radical (unpaired) electrons. The van der Waals surface area contributed by atoms with Gasteiger partial charge < -0.3 is 24.8 Å². The molecule has 0 fully saturated rings. The lowest BCUT2D eigenvalue weighted by molar-refractivity contribution is 0.197. The summed E-state index contributed by atoms with van der Waals surface area (Å²) in [4.78, 5) is 18.8. The van der Waals surface area contributed by atoms with Crippen molar-refractivity contribution < 1.29 is 9.47 Å². The minimum Gasteiger partial charge on any atom is -0.492 e. The highest BCUT2D eigenvalue weighted by Crippen LogP contribution is 2.26. The highest BCUT2D eigenvalue weighted by molar-refractivity contribution is 5.89. The zero-order valence-corrected chi connectivity index (χ0v) is 15.7. The first-order chi connectivity index (χ1) is 13.7. The molecule has 4 aromatic rings. The predicted octanol–water partition coefficient (Wildman–Crippen LogP) is 3.29. The van der Waals surface area contributed by atoms with E-state index in [2.05, 4.69) is 15.3 Å². The first-order valence-corrected chi connectivity index (χ1v) is 9.32. The lowest BCUT2D eigenvalue weighted by atomic mass is 10.1. The summed E-state index contributed by atoms with van der Waals surface area (Å²) >= 11 is 0. The minimum atomic E-state index is -0.108. The molecule has 0 saturated heterocycles. The summed E-state index contributed by atoms with van der Waals surface area (Å²) in [5.41, 5.74) is 3.11. The van der Waals surface area contributed by atoms with Gasteiger partial charge in [-0.1, -0.05) is 18.2 Å². The van der Waals surface area contributed by atoms with Gasteiger partial charge in [-0.05, 0) is 41.8 Å². The third-order valence-corrected chi connectivity index (χ3v) is 4.67. The van der Waals surface area contributed by atoms with Crippen LogP contribution >= 0.6 is 0 Å². The largest absolute Gasteiger partial charge is 0.492 e. The van der Waals surface area contributed by atoms with E-state index in [1.807, 2.05) is 54.6 Å². The number of nitrogens with one attached hydrogen (secondary N) is 3. The Kier molecular flexibility index (Phi) is 5.41. The molecule has 28 heavy (non-hydrogen) atoms. The van der Waals surface area contributed by atoms with E-state index in [0.29, 0.717) is 18.8 Å². The fourth-order valence-electron chi connectivity index (χ4n) is 3.23. The minimum absolute atomic E-state index is 0.108. The second-order valence-corrected chi connectivity index (χ2v) is 6.62. The summed E-state index contributed by atoms with van der Waals surface area (Å²) in [6.07, 6.45) is 0. The molecule has 2 aromatic heterocycles. The van der Waals surface area contributed by atoms with Gasteiger partial charge in [0.25, 0.3) is 5.56 Å². The monoisotopic (exact) mass is 377 g/mol. The van der Waals surface area contributed by atoms with Crippen molar-refractivity contribution in [2.45, 2.75) is 0 Å². The molecule has 0 amide bonds. The van der Waals surface area contributed by atoms with E-state index in [9.17, 15) is 4.79 Å². The zero-order chi connectivity index (χ0) is 19.3. The van der Waals surface area contributed by atoms with Crippen molar-refractivity contribution in [2.75, 3.05) is 33.4 Å². The molecule has 2 heterocycles. The van der Waals surface area contributed by atoms with E-state index in [1.54, 1.807) is 7.11 Å². The Bertz CT molecular complexity index is 1150. The average Bonchev–Trinajstić information content (AvgIpc) is 3.13. The molecule has 0 spiro atoms. The molecular formula is C22H23N3O3. The van der Waals surface area contributed by atoms with Gasteiger partial charge >= 0.3 is 0 Å². The fraction of sp³-hybridized carbons (Fsp3) is 0.227. The number of hydrogen-bond donors (Lipinski definition) is 3. The number of aromatic nitrogens is 2. The van der Waals surface area contributed by atoms with Crippen molar-refractivity contribution in [1.29, 1.82) is 0 Å². The molecule has 0 aliphatic carbocycles. The molecule has 0 bridgehead atoms. The van der Waals surface area contributed by atoms with Gasteiger partial charge in [0.1, 0.15) is 12.4 Å². The van der Waals surface area contributed by atoms with Crippen LogP contribution in [-0.4, -0.2) is 43.4 Å². The number of fused-ring (bicyclic) bond motifs is 2. The van der Waals surface area contributed by atoms with Gasteiger partial charge in [0.15, 0.2) is 0 Å². The molecule has 4 rings (SSSR count). The van der Waals surface area contributed by atoms with Crippen LogP contribution in [0.4, 0.5) is 0 Å². The number of methoxy groups -OCH3 is 1. The van der Waals surface area contributed by atoms with E-state index in [4.69, 9.17) is 9.47 Å². The van der Waals surface area contributed by atoms with Crippen molar-refractivity contribution in [1.82, 2.24) is 15.3 Å². The second-order valence-electron chi connectivity index (χ2n) is 6.62. The summed E-state index contributed by atoms with van der Waals surface area (Å²) in [6.45, 7) is 2.83. The van der Waals surface area contributed by atoms with Gasteiger partial charge in [-0.15, -0.1) is 0 Å². The van der Waals surface area contributed by atoms with Crippen LogP contribution in [0.1, 0.15) is 0 Å². The van der Waals surface area contributed by atoms with Crippen molar-refractivity contribution in [3.05, 3.63) is 65.0 Å². The van der Waals surface area contributed by atoms with Crippen LogP contribution < -0.4 is 15.6 Å². The van der Waals surface area contributed by atoms with Crippen LogP contribution in [0.5, 0.6) is 5.75 Å². The van der Waals surface area contributed by atoms with E-state index in [1.165, 1.54) is 0 Å². The lowest BCUT2D eigenvalue weighted by Gasteiger charge is -2.07. The van der Waals surface area contributed by atoms with Crippen molar-refractivity contribution in [3.8, 4) is 17.0 Å². The SMILES string of the molecule is COCCNCCOc1ccc2[nH]c(-c3cc4ccccc4[nH]c3=O)cc2c1. The van der Waals surface area contributed by atoms with E-state index < -0.39 is 0 Å². The highest BCUT2D eigenvalue weighted by atomic mass is 16.5. The smallest absolute Gasteiger partial charge is 0.257 e. The predicted molar refractivity (Wildman–Crippen MR) is 112 cm³/mol. The van der Waals surface area contributed by atoms with Crippen LogP contribution in [-0.2, 0) is 4.74 Å². The van der Waals surface area contributed by atoms with Crippen molar-refractivity contribution >= 4 is 21.8 Å². The highest BCUT2D eigenvalue weighted by Gasteiger charge is 2.09. The lowest BCUT2D eigenvalue weighted by Crippen LogP contribution is -2.24. The zero-order valence-electron chi connectivity index (χ0n) is 15.7. The Balaban J connectivity index is 1.54. The van der Waals surface area contributed by atoms with Gasteiger partial charge in [-0.2, -0.15) is 0 Å². The summed E-state index contributed by atoms with van der Waals surface area (Å²) < 4.78 is 10.8. The summed E-state index contributed by atoms with van der Waals surface area (Å²) in [6, 6.07) is 17.6. The molecule has 0 unspecified atom stereocenters. The number of ether oxygens (including phenoxy) is 2. The van der Waals surface area contributed by atoms with E-state index >= 15 is 0 Å². The van der Waals surface area contributed by atoms with Gasteiger partial charge in [0, 0.05) is 36.6 Å². The van der Waals surface area contributed by atoms with Crippen molar-refractivity contribution in [3.63, 3.8) is 0 Å². The molecule has 2 aromatic carbocycles. The molecule has 0 atom stereocenters. The Hall–Kier alpha value is -3.09. The molecule has 6 nitrogen and oxygen atoms in total. The van der Waals surface area contributed by atoms with Crippen molar-refractivity contribution in [2.24, 2.45) is 0 Å². The molecule has 144 valence electrons. The number of aromatic amines is 2. The summed E-state index contributed by atoms with van der Waals surface area (Å²) in [7, 11) is 1.68. The van der Waals surface area contributed by atoms with E-state index in [0.717, 1.165) is 46.3 Å². The number of para-hydroxylation sites is 1. The molecule has 0 saturated carbocycles. The third kappa shape index (κ3) is 3.93. The number of rotatable bonds is 8. The first kappa shape index (κ1) is 18.3. The van der Waals surface area contributed by atoms with Crippen LogP contribution in [0, 0.1) is 0 Å². The Labute approximate surface area is 162 Å². The quantitative estimate of drug-likeness (QED) is 0.412. The van der Waals surface area contributed by atoms with Gasteiger partial charge in [-0.3, -0.25) is 4.79 Å². The molecule has 3 N–H and O–H groups in total. The first-order valence-electron chi connectivity index (χ1n) is 9.32. The Morgan fingerprint density at radius 2 is 1.71 bits per heavy atom. The number of pyridine rings is 1. The Morgan fingerprint density at radius 3 is 2.61 bits per heavy atom. The maximum Gasteiger partial charge on any atom is 0.257 e. The molecule has 6 heteroatoms. The average molecular weight is 377 g/mol. The van der Waals surface area contributed by atoms with Crippen LogP contribution in [0.15, 0.2) is 59.4 Å². The maximum absolute atomic E-state index is 12.5. The third-order valence-electron chi connectivity index (χ3n) is 4.67. The summed E-state index contributed by atoms with van der Waals surface area (Å²) in [5, 5.41) is 5.25. The van der Waals surface area contributed by atoms with Gasteiger partial charge in [0.05, 0.1) is 17.9 Å². The van der Waals surface area contributed by atoms with Crippen LogP contribution in [0.25, 0.3) is 33.1 Å². The standard InChI is InChI=1S/C22H23N3O3/c1-27-10-8-23-9-11-28-17-6-7-20-16(12-17)14-21(24-20)18-13-15-4-2-3-5-19(15)25-22(18)26/h2-7,12-14,23-24H,8-11H2,1H3,(H,25,26). The molecular weight excluding hydrogens is 354 g/mol. The van der Waals surface area contributed by atoms with Gasteiger partial charge in [0.2, 0.25) is 0 Å². The van der Waals surface area contributed by atoms with E-state index in [-0.39, 0.29) is 5.56 Å². The number of hydrogen-bond acceptors (Lipinski definition) is 4. The maximum atomic E-state index is 12.5. The fourth-order valence-corrected chi connectivity index (χ4v) is 3.23. The number of benzene rings is 2. The topological polar surface area (TPSA) is 79.1 Å². The van der Waals surface area contributed by atoms with Crippen LogP contribution in [0.3, 0.4) is 0 Å². The number of H-pyrrole nitrogens is 2. The Morgan fingerprint density at radius 1 is 0.893 bits per heavy atom. The second kappa shape index (κ2) is 8.29. The molecule has 0 aliphatic heterocycles. The van der Waals surface area contributed by atoms with Crippen LogP contribution in [0.2, 0.25) is 0 Å². The molecule has 0 aliphatic rings. The summed E-state index contributed by atoms with van der Waals surface area (Å²) in [5.74, 6) is 0.805.